The summed E-state index contributed by atoms with van der Waals surface area (Å²) in [7, 11) is 0. The fraction of sp³-hybridized carbons (Fsp3) is 0.333. The van der Waals surface area contributed by atoms with Gasteiger partial charge in [0.1, 0.15) is 30.7 Å². The largest absolute Gasteiger partial charge is 0.459 e. The summed E-state index contributed by atoms with van der Waals surface area (Å²) in [6.45, 7) is 0.862. The highest BCUT2D eigenvalue weighted by atomic mass is 16.6. The zero-order valence-corrected chi connectivity index (χ0v) is 15.8. The Balaban J connectivity index is 1.87. The average Bonchev–Trinajstić information content (AvgIpc) is 3.03. The molecule has 1 aromatic carbocycles. The lowest BCUT2D eigenvalue weighted by atomic mass is 10.1. The van der Waals surface area contributed by atoms with Crippen LogP contribution in [0.4, 0.5) is 5.82 Å². The van der Waals surface area contributed by atoms with E-state index in [1.165, 1.54) is 19.2 Å². The SMILES string of the molecule is CC(=O)O[C@H]1[C@H](N=[N+]=[N-])C(n2ccc(N)nc2=O)O[C@@H]1COC(=O)c1ccccc1. The molecule has 12 nitrogen and oxygen atoms in total. The number of rotatable bonds is 6. The minimum Gasteiger partial charge on any atom is -0.459 e. The molecule has 1 aliphatic rings. The summed E-state index contributed by atoms with van der Waals surface area (Å²) in [6.07, 6.45) is -1.92. The molecule has 30 heavy (non-hydrogen) atoms. The Morgan fingerprint density at radius 2 is 2.07 bits per heavy atom. The maximum absolute atomic E-state index is 12.2. The number of ether oxygens (including phenoxy) is 3. The van der Waals surface area contributed by atoms with Crippen LogP contribution in [-0.2, 0) is 19.0 Å². The van der Waals surface area contributed by atoms with Crippen LogP contribution in [0.5, 0.6) is 0 Å². The minimum absolute atomic E-state index is 0.000501. The fourth-order valence-electron chi connectivity index (χ4n) is 3.04. The van der Waals surface area contributed by atoms with Crippen molar-refractivity contribution in [2.45, 2.75) is 31.4 Å². The van der Waals surface area contributed by atoms with Crippen molar-refractivity contribution in [2.24, 2.45) is 5.11 Å². The van der Waals surface area contributed by atoms with Gasteiger partial charge in [-0.05, 0) is 23.7 Å². The molecule has 0 amide bonds. The molecule has 0 saturated carbocycles. The monoisotopic (exact) mass is 414 g/mol. The van der Waals surface area contributed by atoms with Crippen molar-refractivity contribution >= 4 is 17.8 Å². The van der Waals surface area contributed by atoms with Gasteiger partial charge in [-0.15, -0.1) is 0 Å². The molecule has 0 aliphatic carbocycles. The van der Waals surface area contributed by atoms with E-state index in [9.17, 15) is 14.4 Å². The van der Waals surface area contributed by atoms with Gasteiger partial charge in [-0.1, -0.05) is 23.3 Å². The summed E-state index contributed by atoms with van der Waals surface area (Å²) in [5.74, 6) is -1.28. The molecule has 0 bridgehead atoms. The molecule has 3 rings (SSSR count). The first-order valence-electron chi connectivity index (χ1n) is 8.84. The van der Waals surface area contributed by atoms with Crippen molar-refractivity contribution in [1.82, 2.24) is 9.55 Å². The first kappa shape index (κ1) is 20.8. The van der Waals surface area contributed by atoms with Crippen LogP contribution in [-0.4, -0.2) is 46.3 Å². The van der Waals surface area contributed by atoms with Gasteiger partial charge in [0.25, 0.3) is 0 Å². The van der Waals surface area contributed by atoms with Crippen molar-refractivity contribution in [3.05, 3.63) is 69.1 Å². The Labute approximate surface area is 169 Å². The molecule has 4 atom stereocenters. The number of anilines is 1. The molecular formula is C18H18N6O6. The molecule has 0 radical (unpaired) electrons. The van der Waals surface area contributed by atoms with Crippen molar-refractivity contribution in [3.8, 4) is 0 Å². The topological polar surface area (TPSA) is 171 Å². The molecule has 1 aliphatic heterocycles. The summed E-state index contributed by atoms with van der Waals surface area (Å²) in [5.41, 5.74) is 14.0. The summed E-state index contributed by atoms with van der Waals surface area (Å²) < 4.78 is 17.4. The Morgan fingerprint density at radius 1 is 1.33 bits per heavy atom. The van der Waals surface area contributed by atoms with Gasteiger partial charge in [0, 0.05) is 18.0 Å². The van der Waals surface area contributed by atoms with Crippen LogP contribution < -0.4 is 11.4 Å². The number of azide groups is 1. The van der Waals surface area contributed by atoms with Crippen LogP contribution in [0.15, 0.2) is 52.5 Å². The number of carbonyl (C=O) groups is 2. The number of aromatic nitrogens is 2. The fourth-order valence-corrected chi connectivity index (χ4v) is 3.04. The Morgan fingerprint density at radius 3 is 2.70 bits per heavy atom. The third-order valence-corrected chi connectivity index (χ3v) is 4.31. The highest BCUT2D eigenvalue weighted by Crippen LogP contribution is 2.33. The van der Waals surface area contributed by atoms with E-state index >= 15 is 0 Å². The van der Waals surface area contributed by atoms with Crippen LogP contribution in [0.25, 0.3) is 10.4 Å². The molecule has 12 heteroatoms. The molecule has 1 aromatic heterocycles. The maximum atomic E-state index is 12.2. The Hall–Kier alpha value is -3.89. The Kier molecular flexibility index (Phi) is 6.30. The van der Waals surface area contributed by atoms with E-state index in [0.29, 0.717) is 5.56 Å². The van der Waals surface area contributed by atoms with E-state index in [1.807, 2.05) is 0 Å². The van der Waals surface area contributed by atoms with Gasteiger partial charge >= 0.3 is 17.6 Å². The number of nitrogens with two attached hydrogens (primary N) is 1. The number of esters is 2. The number of nitrogen functional groups attached to an aromatic ring is 1. The first-order chi connectivity index (χ1) is 14.4. The van der Waals surface area contributed by atoms with Crippen molar-refractivity contribution in [1.29, 1.82) is 0 Å². The maximum Gasteiger partial charge on any atom is 0.351 e. The lowest BCUT2D eigenvalue weighted by molar-refractivity contribution is -0.150. The van der Waals surface area contributed by atoms with Gasteiger partial charge in [0.2, 0.25) is 0 Å². The number of nitrogens with zero attached hydrogens (tertiary/aromatic N) is 5. The van der Waals surface area contributed by atoms with E-state index < -0.39 is 42.1 Å². The molecule has 156 valence electrons. The summed E-state index contributed by atoms with van der Waals surface area (Å²) >= 11 is 0. The van der Waals surface area contributed by atoms with E-state index in [-0.39, 0.29) is 12.4 Å². The normalized spacial score (nSPS) is 22.7. The second-order valence-electron chi connectivity index (χ2n) is 6.34. The van der Waals surface area contributed by atoms with Crippen LogP contribution in [0.2, 0.25) is 0 Å². The summed E-state index contributed by atoms with van der Waals surface area (Å²) in [5, 5.41) is 3.63. The molecule has 2 aromatic rings. The van der Waals surface area contributed by atoms with Crippen molar-refractivity contribution < 1.29 is 23.8 Å². The van der Waals surface area contributed by atoms with E-state index in [2.05, 4.69) is 15.0 Å². The average molecular weight is 414 g/mol. The molecule has 1 unspecified atom stereocenters. The predicted octanol–water partition coefficient (Wildman–Crippen LogP) is 1.19. The third-order valence-electron chi connectivity index (χ3n) is 4.31. The first-order valence-corrected chi connectivity index (χ1v) is 8.84. The highest BCUT2D eigenvalue weighted by Gasteiger charge is 2.48. The molecule has 2 N–H and O–H groups in total. The highest BCUT2D eigenvalue weighted by molar-refractivity contribution is 5.89. The molecule has 0 spiro atoms. The van der Waals surface area contributed by atoms with Crippen LogP contribution >= 0.6 is 0 Å². The van der Waals surface area contributed by atoms with E-state index in [0.717, 1.165) is 4.57 Å². The zero-order valence-electron chi connectivity index (χ0n) is 15.8. The minimum atomic E-state index is -1.15. The van der Waals surface area contributed by atoms with Gasteiger partial charge < -0.3 is 19.9 Å². The second kappa shape index (κ2) is 9.07. The van der Waals surface area contributed by atoms with Crippen LogP contribution in [0, 0.1) is 0 Å². The summed E-state index contributed by atoms with van der Waals surface area (Å²) in [4.78, 5) is 42.4. The van der Waals surface area contributed by atoms with Gasteiger partial charge in [0.05, 0.1) is 5.56 Å². The molecule has 1 fully saturated rings. The van der Waals surface area contributed by atoms with Gasteiger partial charge in [-0.2, -0.15) is 4.98 Å². The van der Waals surface area contributed by atoms with Crippen LogP contribution in [0.3, 0.4) is 0 Å². The lowest BCUT2D eigenvalue weighted by Gasteiger charge is -2.20. The van der Waals surface area contributed by atoms with Crippen molar-refractivity contribution in [3.63, 3.8) is 0 Å². The third kappa shape index (κ3) is 4.57. The predicted molar refractivity (Wildman–Crippen MR) is 102 cm³/mol. The van der Waals surface area contributed by atoms with E-state index in [1.54, 1.807) is 30.3 Å². The standard InChI is InChI=1S/C18H18N6O6/c1-10(25)29-15-12(9-28-17(26)11-5-3-2-4-6-11)30-16(14(15)22-23-20)24-8-7-13(19)21-18(24)27/h2-8,12,14-16H,9H2,1H3,(H2,19,21,27)/t12-,14+,15-,16?/m1/s1. The van der Waals surface area contributed by atoms with Gasteiger partial charge in [-0.25, -0.2) is 9.59 Å². The van der Waals surface area contributed by atoms with E-state index in [4.69, 9.17) is 25.5 Å². The zero-order chi connectivity index (χ0) is 21.7. The van der Waals surface area contributed by atoms with Crippen molar-refractivity contribution in [2.75, 3.05) is 12.3 Å². The second-order valence-corrected chi connectivity index (χ2v) is 6.34. The summed E-state index contributed by atoms with van der Waals surface area (Å²) in [6, 6.07) is 8.51. The molecule has 2 heterocycles. The Bertz CT molecular complexity index is 1030. The number of hydrogen-bond acceptors (Lipinski definition) is 9. The quantitative estimate of drug-likeness (QED) is 0.318. The number of benzene rings is 1. The smallest absolute Gasteiger partial charge is 0.351 e. The van der Waals surface area contributed by atoms with Gasteiger partial charge in [-0.3, -0.25) is 9.36 Å². The molecular weight excluding hydrogens is 396 g/mol. The number of carbonyl (C=O) groups excluding carboxylic acids is 2. The van der Waals surface area contributed by atoms with Crippen LogP contribution in [0.1, 0.15) is 23.5 Å². The molecule has 1 saturated heterocycles. The van der Waals surface area contributed by atoms with Gasteiger partial charge in [0.15, 0.2) is 6.23 Å². The number of hydrogen-bond donors (Lipinski definition) is 1. The lowest BCUT2D eigenvalue weighted by Crippen LogP contribution is -2.38.